The minimum absolute atomic E-state index is 0.847. The van der Waals surface area contributed by atoms with Gasteiger partial charge in [0.15, 0.2) is 6.61 Å². The summed E-state index contributed by atoms with van der Waals surface area (Å²) in [5.74, 6) is 0. The molecule has 0 aliphatic heterocycles. The second kappa shape index (κ2) is 3.22. The fourth-order valence-electron chi connectivity index (χ4n) is 0.592. The zero-order chi connectivity index (χ0) is 6.53. The van der Waals surface area contributed by atoms with Crippen molar-refractivity contribution in [2.45, 2.75) is 0 Å². The molecule has 9 heavy (non-hydrogen) atoms. The number of hydrogen-bond donors (Lipinski definition) is 1. The fraction of sp³-hybridized carbons (Fsp3) is 0. The van der Waals surface area contributed by atoms with E-state index in [9.17, 15) is 0 Å². The van der Waals surface area contributed by atoms with Crippen LogP contribution in [0.2, 0.25) is 0 Å². The smallest absolute Gasteiger partial charge is 0.151 e. The van der Waals surface area contributed by atoms with Crippen molar-refractivity contribution < 1.29 is 10.1 Å². The molecule has 47 valence electrons. The van der Waals surface area contributed by atoms with Crippen molar-refractivity contribution in [2.24, 2.45) is 0 Å². The van der Waals surface area contributed by atoms with Crippen LogP contribution >= 0.6 is 0 Å². The highest BCUT2D eigenvalue weighted by atomic mass is 17.1. The van der Waals surface area contributed by atoms with E-state index >= 15 is 0 Å². The molecule has 0 bridgehead atoms. The molecule has 1 rings (SSSR count). The zero-order valence-corrected chi connectivity index (χ0v) is 4.82. The Bertz CT molecular complexity index is 160. The Hall–Kier alpha value is -0.860. The molecule has 2 heteroatoms. The summed E-state index contributed by atoms with van der Waals surface area (Å²) in [7, 11) is 0. The lowest BCUT2D eigenvalue weighted by molar-refractivity contribution is -0.205. The summed E-state index contributed by atoms with van der Waals surface area (Å²) in [4.78, 5) is 3.80. The Morgan fingerprint density at radius 2 is 1.89 bits per heavy atom. The summed E-state index contributed by atoms with van der Waals surface area (Å²) in [6, 6.07) is 9.29. The SMILES string of the molecule is OO[CH]c1ccccc1. The van der Waals surface area contributed by atoms with Crippen LogP contribution in [0.15, 0.2) is 30.3 Å². The molecule has 0 aliphatic carbocycles. The van der Waals surface area contributed by atoms with Gasteiger partial charge in [-0.25, -0.2) is 4.89 Å². The van der Waals surface area contributed by atoms with E-state index in [-0.39, 0.29) is 0 Å². The Balaban J connectivity index is 2.61. The van der Waals surface area contributed by atoms with E-state index in [1.807, 2.05) is 30.3 Å². The second-order valence-corrected chi connectivity index (χ2v) is 1.63. The van der Waals surface area contributed by atoms with Crippen LogP contribution in [-0.2, 0) is 4.89 Å². The molecular weight excluding hydrogens is 116 g/mol. The Kier molecular flexibility index (Phi) is 2.24. The molecule has 1 N–H and O–H groups in total. The van der Waals surface area contributed by atoms with Crippen LogP contribution < -0.4 is 0 Å². The van der Waals surface area contributed by atoms with Gasteiger partial charge in [0.1, 0.15) is 0 Å². The van der Waals surface area contributed by atoms with Crippen molar-refractivity contribution in [3.05, 3.63) is 42.5 Å². The van der Waals surface area contributed by atoms with Crippen molar-refractivity contribution in [1.29, 1.82) is 0 Å². The predicted molar refractivity (Wildman–Crippen MR) is 33.6 cm³/mol. The van der Waals surface area contributed by atoms with Gasteiger partial charge >= 0.3 is 0 Å². The summed E-state index contributed by atoms with van der Waals surface area (Å²) < 4.78 is 0. The molecule has 0 amide bonds. The third-order valence-corrected chi connectivity index (χ3v) is 0.988. The normalized spacial score (nSPS) is 9.44. The number of hydrogen-bond acceptors (Lipinski definition) is 2. The predicted octanol–water partition coefficient (Wildman–Crippen LogP) is 1.69. The van der Waals surface area contributed by atoms with E-state index in [1.54, 1.807) is 0 Å². The maximum atomic E-state index is 7.96. The van der Waals surface area contributed by atoms with Crippen LogP contribution in [0.25, 0.3) is 0 Å². The first-order valence-electron chi connectivity index (χ1n) is 2.62. The maximum absolute atomic E-state index is 7.96. The molecule has 0 unspecified atom stereocenters. The lowest BCUT2D eigenvalue weighted by Gasteiger charge is -1.92. The summed E-state index contributed by atoms with van der Waals surface area (Å²) in [6.45, 7) is 1.26. The van der Waals surface area contributed by atoms with Gasteiger partial charge in [0.2, 0.25) is 0 Å². The summed E-state index contributed by atoms with van der Waals surface area (Å²) in [6.07, 6.45) is 0. The monoisotopic (exact) mass is 123 g/mol. The van der Waals surface area contributed by atoms with Crippen molar-refractivity contribution in [2.75, 3.05) is 0 Å². The standard InChI is InChI=1S/C7H7O2/c8-9-6-7-4-2-1-3-5-7/h1-6,8H. The largest absolute Gasteiger partial charge is 0.251 e. The first kappa shape index (κ1) is 6.26. The van der Waals surface area contributed by atoms with Crippen LogP contribution in [0.1, 0.15) is 5.56 Å². The lowest BCUT2D eigenvalue weighted by atomic mass is 10.2. The van der Waals surface area contributed by atoms with Crippen LogP contribution in [0, 0.1) is 6.61 Å². The molecule has 0 aromatic heterocycles. The molecule has 1 radical (unpaired) electrons. The summed E-state index contributed by atoms with van der Waals surface area (Å²) in [5, 5.41) is 7.96. The van der Waals surface area contributed by atoms with Crippen LogP contribution in [0.3, 0.4) is 0 Å². The van der Waals surface area contributed by atoms with E-state index in [4.69, 9.17) is 5.26 Å². The van der Waals surface area contributed by atoms with E-state index < -0.39 is 0 Å². The minimum Gasteiger partial charge on any atom is -0.251 e. The minimum atomic E-state index is 0.847. The fourth-order valence-corrected chi connectivity index (χ4v) is 0.592. The molecule has 1 aromatic carbocycles. The average molecular weight is 123 g/mol. The van der Waals surface area contributed by atoms with E-state index in [0.717, 1.165) is 5.56 Å². The van der Waals surface area contributed by atoms with Gasteiger partial charge in [-0.05, 0) is 5.56 Å². The van der Waals surface area contributed by atoms with Gasteiger partial charge in [0.25, 0.3) is 0 Å². The molecule has 0 atom stereocenters. The van der Waals surface area contributed by atoms with Gasteiger partial charge < -0.3 is 0 Å². The van der Waals surface area contributed by atoms with Gasteiger partial charge in [-0.2, -0.15) is 0 Å². The number of rotatable bonds is 2. The van der Waals surface area contributed by atoms with Gasteiger partial charge in [-0.1, -0.05) is 30.3 Å². The third kappa shape index (κ3) is 1.83. The van der Waals surface area contributed by atoms with Crippen molar-refractivity contribution in [3.63, 3.8) is 0 Å². The Labute approximate surface area is 53.6 Å². The Morgan fingerprint density at radius 1 is 1.22 bits per heavy atom. The number of benzene rings is 1. The molecular formula is C7H7O2. The highest BCUT2D eigenvalue weighted by Gasteiger charge is 1.87. The van der Waals surface area contributed by atoms with Crippen molar-refractivity contribution >= 4 is 0 Å². The molecule has 1 aromatic rings. The first-order valence-corrected chi connectivity index (χ1v) is 2.62. The zero-order valence-electron chi connectivity index (χ0n) is 4.82. The van der Waals surface area contributed by atoms with E-state index in [0.29, 0.717) is 0 Å². The van der Waals surface area contributed by atoms with Crippen molar-refractivity contribution in [3.8, 4) is 0 Å². The van der Waals surface area contributed by atoms with Gasteiger partial charge in [-0.15, -0.1) is 0 Å². The molecule has 0 saturated carbocycles. The maximum Gasteiger partial charge on any atom is 0.151 e. The summed E-state index contributed by atoms with van der Waals surface area (Å²) >= 11 is 0. The molecule has 2 nitrogen and oxygen atoms in total. The topological polar surface area (TPSA) is 29.5 Å². The van der Waals surface area contributed by atoms with Crippen LogP contribution in [-0.4, -0.2) is 5.26 Å². The summed E-state index contributed by atoms with van der Waals surface area (Å²) in [5.41, 5.74) is 0.847. The Morgan fingerprint density at radius 3 is 2.44 bits per heavy atom. The van der Waals surface area contributed by atoms with Gasteiger partial charge in [-0.3, -0.25) is 5.26 Å². The molecule has 0 aliphatic rings. The van der Waals surface area contributed by atoms with Crippen LogP contribution in [0.4, 0.5) is 0 Å². The highest BCUT2D eigenvalue weighted by molar-refractivity contribution is 5.19. The van der Waals surface area contributed by atoms with E-state index in [1.165, 1.54) is 6.61 Å². The molecule has 0 spiro atoms. The van der Waals surface area contributed by atoms with Crippen LogP contribution in [0.5, 0.6) is 0 Å². The molecule has 0 heterocycles. The highest BCUT2D eigenvalue weighted by Crippen LogP contribution is 2.00. The molecule has 0 saturated heterocycles. The van der Waals surface area contributed by atoms with Crippen molar-refractivity contribution in [1.82, 2.24) is 0 Å². The lowest BCUT2D eigenvalue weighted by Crippen LogP contribution is -1.81. The van der Waals surface area contributed by atoms with E-state index in [2.05, 4.69) is 4.89 Å². The third-order valence-electron chi connectivity index (χ3n) is 0.988. The van der Waals surface area contributed by atoms with Gasteiger partial charge in [0.05, 0.1) is 0 Å². The second-order valence-electron chi connectivity index (χ2n) is 1.63. The molecule has 0 fully saturated rings. The first-order chi connectivity index (χ1) is 4.43. The quantitative estimate of drug-likeness (QED) is 0.479. The van der Waals surface area contributed by atoms with Gasteiger partial charge in [0, 0.05) is 0 Å². The average Bonchev–Trinajstić information content (AvgIpc) is 1.91.